The van der Waals surface area contributed by atoms with Gasteiger partial charge in [0.05, 0.1) is 25.1 Å². The predicted molar refractivity (Wildman–Crippen MR) is 347 cm³/mol. The molecule has 3 saturated heterocycles. The van der Waals surface area contributed by atoms with Gasteiger partial charge in [-0.2, -0.15) is 13.2 Å². The molecule has 538 valence electrons. The highest BCUT2D eigenvalue weighted by Crippen LogP contribution is 2.36. The molecule has 4 aliphatic rings. The number of aryl methyl sites for hydroxylation is 1. The largest absolute Gasteiger partial charge is 0.419 e. The summed E-state index contributed by atoms with van der Waals surface area (Å²) in [6.07, 6.45) is -3.17. The van der Waals surface area contributed by atoms with Crippen LogP contribution in [0.5, 0.6) is 0 Å². The fourth-order valence-electron chi connectivity index (χ4n) is 13.1. The third-order valence-corrected chi connectivity index (χ3v) is 19.8. The zero-order valence-electron chi connectivity index (χ0n) is 58.9. The molecule has 3 aliphatic heterocycles. The van der Waals surface area contributed by atoms with Gasteiger partial charge >= 0.3 is 6.18 Å². The average molecular weight is 1360 g/mol. The molecule has 1 aromatic rings. The second-order valence-electron chi connectivity index (χ2n) is 27.3. The van der Waals surface area contributed by atoms with Gasteiger partial charge in [-0.3, -0.25) is 57.5 Å². The Labute approximate surface area is 562 Å². The lowest BCUT2D eigenvalue weighted by Crippen LogP contribution is -2.65. The number of benzene rings is 1. The molecule has 3 N–H and O–H groups in total. The Balaban J connectivity index is 1.63. The Morgan fingerprint density at radius 1 is 0.698 bits per heavy atom. The summed E-state index contributed by atoms with van der Waals surface area (Å²) in [5.74, 6) is -11.5. The van der Waals surface area contributed by atoms with E-state index in [1.165, 1.54) is 92.7 Å². The first kappa shape index (κ1) is 79.2. The maximum atomic E-state index is 15.4. The van der Waals surface area contributed by atoms with Crippen molar-refractivity contribution in [2.24, 2.45) is 17.8 Å². The fourth-order valence-corrected chi connectivity index (χ4v) is 13.1. The molecule has 12 amide bonds. The number of hydrogen-bond acceptors (Lipinski definition) is 13. The number of hydrogen-bond donors (Lipinski definition) is 3. The lowest BCUT2D eigenvalue weighted by atomic mass is 9.90. The number of rotatable bonds is 14. The fraction of sp³-hybridized carbons (Fsp3) is 0.731. The normalized spacial score (nSPS) is 26.6. The molecule has 1 aromatic carbocycles. The minimum Gasteiger partial charge on any atom is -0.379 e. The molecule has 11 atom stereocenters. The van der Waals surface area contributed by atoms with Crippen LogP contribution < -0.4 is 16.0 Å². The van der Waals surface area contributed by atoms with Gasteiger partial charge in [0.1, 0.15) is 65.7 Å². The van der Waals surface area contributed by atoms with Gasteiger partial charge in [-0.25, -0.2) is 4.39 Å². The van der Waals surface area contributed by atoms with Crippen LogP contribution in [0.25, 0.3) is 0 Å². The molecule has 1 saturated carbocycles. The molecule has 0 unspecified atom stereocenters. The van der Waals surface area contributed by atoms with E-state index in [9.17, 15) is 60.7 Å². The molecule has 0 radical (unpaired) electrons. The van der Waals surface area contributed by atoms with Crippen molar-refractivity contribution in [3.8, 4) is 0 Å². The van der Waals surface area contributed by atoms with Gasteiger partial charge in [-0.15, -0.1) is 0 Å². The zero-order valence-corrected chi connectivity index (χ0v) is 58.9. The van der Waals surface area contributed by atoms with Crippen LogP contribution in [0.15, 0.2) is 18.2 Å². The van der Waals surface area contributed by atoms with Gasteiger partial charge in [-0.1, -0.05) is 80.2 Å². The van der Waals surface area contributed by atoms with Crippen molar-refractivity contribution >= 4 is 70.9 Å². The molecular formula is C67H104F4N12O13. The van der Waals surface area contributed by atoms with E-state index < -0.39 is 173 Å². The Bertz CT molecular complexity index is 3000. The molecule has 96 heavy (non-hydrogen) atoms. The number of likely N-dealkylation sites (N-methyl/N-ethyl adjacent to an activating group) is 7. The van der Waals surface area contributed by atoms with Crippen molar-refractivity contribution in [2.45, 2.75) is 211 Å². The summed E-state index contributed by atoms with van der Waals surface area (Å²) >= 11 is 0. The third kappa shape index (κ3) is 18.6. The number of amides is 12. The summed E-state index contributed by atoms with van der Waals surface area (Å²) in [5.41, 5.74) is -3.10. The van der Waals surface area contributed by atoms with E-state index in [4.69, 9.17) is 4.74 Å². The zero-order chi connectivity index (χ0) is 72.2. The van der Waals surface area contributed by atoms with Crippen molar-refractivity contribution in [1.82, 2.24) is 60.0 Å². The van der Waals surface area contributed by atoms with E-state index in [0.717, 1.165) is 20.8 Å². The number of ether oxygens (including phenoxy) is 1. The molecule has 5 rings (SSSR count). The second kappa shape index (κ2) is 34.2. The molecular weight excluding hydrogens is 1260 g/mol. The van der Waals surface area contributed by atoms with E-state index in [1.54, 1.807) is 20.8 Å². The van der Waals surface area contributed by atoms with Gasteiger partial charge in [0, 0.05) is 76.1 Å². The average Bonchev–Trinajstić information content (AvgIpc) is 1.30. The van der Waals surface area contributed by atoms with E-state index in [0.29, 0.717) is 44.2 Å². The van der Waals surface area contributed by atoms with Crippen molar-refractivity contribution in [2.75, 3.05) is 89.2 Å². The minimum atomic E-state index is -5.01. The Morgan fingerprint density at radius 3 is 1.88 bits per heavy atom. The standard InChI is InChI=1S/C67H104F4N12O13/c1-17-33-96-38-51-61(91)76(11)37-52(84)72-46(27-25-43-24-26-44(45(68)35-43)67(69,70)71)59(89)82-31-22-23-47(82)57(87)74-66(29-20-21-30-66)65(95)81(16)55(41(7)19-3)64(94)79(14)50(60(90)75(9)10)36-53(85)78(13)49(34-39(4)5)56(86)73-54(40(6)18-2)63(93)77(12)42(8)58(88)83-32-28-48(83)62(92)80(51)15/h24,26,35,39-42,46-51,54-55H,17-23,25,27-34,36-38H2,1-16H3,(H,72,84)(H,73,86)(H,74,87)/t40-,41-,42-,46-,47-,48-,49-,50-,51-,54-,55-/m0/s1. The summed E-state index contributed by atoms with van der Waals surface area (Å²) < 4.78 is 61.8. The molecule has 1 spiro atoms. The SMILES string of the molecule is CCCOC[C@H]1C(=O)N(C)CC(=O)N[C@@H](CCc2ccc(C(F)(F)F)c(F)c2)C(=O)N2CCC[C@H]2C(=O)NC2(CCCC2)C(=O)N(C)[C@@H]([C@@H](C)CC)C(=O)N(C)[C@H](C(=O)N(C)C)CC(=O)N(C)[C@@H](CC(C)C)C(=O)N[C@@H]([C@@H](C)CC)C(=O)N(C)[C@@H](C)C(=O)N2CC[C@H]2C(=O)N1C. The number of fused-ring (bicyclic) bond motifs is 2. The van der Waals surface area contributed by atoms with Crippen LogP contribution in [-0.4, -0.2) is 264 Å². The summed E-state index contributed by atoms with van der Waals surface area (Å²) in [6, 6.07) is -9.43. The predicted octanol–water partition coefficient (Wildman–Crippen LogP) is 3.44. The van der Waals surface area contributed by atoms with E-state index in [2.05, 4.69) is 16.0 Å². The van der Waals surface area contributed by atoms with Crippen molar-refractivity contribution in [3.05, 3.63) is 35.1 Å². The number of carbonyl (C=O) groups excluding carboxylic acids is 12. The number of halogens is 4. The first-order chi connectivity index (χ1) is 44.9. The van der Waals surface area contributed by atoms with Crippen LogP contribution in [0, 0.1) is 23.6 Å². The lowest BCUT2D eigenvalue weighted by molar-refractivity contribution is -0.161. The molecule has 3 heterocycles. The van der Waals surface area contributed by atoms with Crippen LogP contribution in [0.2, 0.25) is 0 Å². The van der Waals surface area contributed by atoms with Crippen LogP contribution in [0.1, 0.15) is 150 Å². The van der Waals surface area contributed by atoms with Crippen LogP contribution in [0.3, 0.4) is 0 Å². The molecule has 4 fully saturated rings. The smallest absolute Gasteiger partial charge is 0.379 e. The van der Waals surface area contributed by atoms with Crippen LogP contribution >= 0.6 is 0 Å². The number of nitrogens with zero attached hydrogens (tertiary/aromatic N) is 9. The van der Waals surface area contributed by atoms with Gasteiger partial charge < -0.3 is 64.8 Å². The molecule has 29 heteroatoms. The summed E-state index contributed by atoms with van der Waals surface area (Å²) in [7, 11) is 11.1. The number of alkyl halides is 3. The first-order valence-electron chi connectivity index (χ1n) is 33.7. The topological polar surface area (TPSA) is 279 Å². The first-order valence-corrected chi connectivity index (χ1v) is 33.7. The van der Waals surface area contributed by atoms with Gasteiger partial charge in [0.2, 0.25) is 70.9 Å². The highest BCUT2D eigenvalue weighted by atomic mass is 19.4. The second-order valence-corrected chi connectivity index (χ2v) is 27.3. The summed E-state index contributed by atoms with van der Waals surface area (Å²) in [5, 5.41) is 8.50. The Kier molecular flexibility index (Phi) is 28.2. The maximum absolute atomic E-state index is 15.4. The van der Waals surface area contributed by atoms with E-state index >= 15 is 14.4 Å². The van der Waals surface area contributed by atoms with Crippen molar-refractivity contribution in [3.63, 3.8) is 0 Å². The van der Waals surface area contributed by atoms with Gasteiger partial charge in [-0.05, 0) is 100 Å². The highest BCUT2D eigenvalue weighted by Gasteiger charge is 2.51. The van der Waals surface area contributed by atoms with Crippen molar-refractivity contribution in [1.29, 1.82) is 0 Å². The summed E-state index contributed by atoms with van der Waals surface area (Å²) in [4.78, 5) is 188. The highest BCUT2D eigenvalue weighted by molar-refractivity contribution is 6.01. The Hall–Kier alpha value is -7.46. The van der Waals surface area contributed by atoms with Crippen LogP contribution in [0.4, 0.5) is 17.6 Å². The molecule has 0 bridgehead atoms. The Morgan fingerprint density at radius 2 is 1.32 bits per heavy atom. The van der Waals surface area contributed by atoms with E-state index in [1.807, 2.05) is 27.7 Å². The number of nitrogens with one attached hydrogen (secondary N) is 3. The monoisotopic (exact) mass is 1360 g/mol. The summed E-state index contributed by atoms with van der Waals surface area (Å²) in [6.45, 7) is 13.2. The van der Waals surface area contributed by atoms with Gasteiger partial charge in [0.15, 0.2) is 0 Å². The molecule has 0 aromatic heterocycles. The maximum Gasteiger partial charge on any atom is 0.419 e. The van der Waals surface area contributed by atoms with Crippen LogP contribution in [-0.2, 0) is 74.9 Å². The van der Waals surface area contributed by atoms with Crippen molar-refractivity contribution < 1.29 is 79.8 Å². The lowest BCUT2D eigenvalue weighted by Gasteiger charge is -2.45. The van der Waals surface area contributed by atoms with Gasteiger partial charge in [0.25, 0.3) is 0 Å². The van der Waals surface area contributed by atoms with E-state index in [-0.39, 0.29) is 89.2 Å². The number of carbonyl (C=O) groups is 12. The third-order valence-electron chi connectivity index (χ3n) is 19.8. The molecule has 1 aliphatic carbocycles. The quantitative estimate of drug-likeness (QED) is 0.178. The molecule has 25 nitrogen and oxygen atoms in total. The minimum absolute atomic E-state index is 0.0265.